The van der Waals surface area contributed by atoms with E-state index in [1.54, 1.807) is 29.2 Å². The van der Waals surface area contributed by atoms with Gasteiger partial charge in [0.05, 0.1) is 28.8 Å². The number of carbonyl (C=O) groups excluding carboxylic acids is 2. The van der Waals surface area contributed by atoms with Crippen LogP contribution in [0.3, 0.4) is 0 Å². The number of carbonyl (C=O) groups is 2. The van der Waals surface area contributed by atoms with Gasteiger partial charge in [-0.05, 0) is 36.8 Å². The number of hydrogen-bond donors (Lipinski definition) is 1. The van der Waals surface area contributed by atoms with Gasteiger partial charge in [-0.25, -0.2) is 0 Å². The van der Waals surface area contributed by atoms with Gasteiger partial charge in [0.2, 0.25) is 5.91 Å². The summed E-state index contributed by atoms with van der Waals surface area (Å²) in [6.07, 6.45) is 0.265. The zero-order valence-corrected chi connectivity index (χ0v) is 16.6. The van der Waals surface area contributed by atoms with Gasteiger partial charge >= 0.3 is 0 Å². The van der Waals surface area contributed by atoms with Crippen molar-refractivity contribution in [2.45, 2.75) is 25.9 Å². The molecule has 0 spiro atoms. The van der Waals surface area contributed by atoms with E-state index in [-0.39, 0.29) is 24.3 Å². The maximum atomic E-state index is 12.6. The van der Waals surface area contributed by atoms with E-state index in [1.807, 2.05) is 19.1 Å². The number of aryl methyl sites for hydroxylation is 1. The van der Waals surface area contributed by atoms with Gasteiger partial charge in [-0.2, -0.15) is 0 Å². The zero-order chi connectivity index (χ0) is 19.6. The predicted molar refractivity (Wildman–Crippen MR) is 105 cm³/mol. The number of methoxy groups -OCH3 is 1. The third-order valence-corrected chi connectivity index (χ3v) is 5.25. The molecule has 0 bridgehead atoms. The van der Waals surface area contributed by atoms with E-state index in [0.717, 1.165) is 11.1 Å². The van der Waals surface area contributed by atoms with Crippen LogP contribution in [-0.4, -0.2) is 36.4 Å². The molecule has 1 saturated heterocycles. The topological polar surface area (TPSA) is 58.6 Å². The fourth-order valence-corrected chi connectivity index (χ4v) is 3.46. The van der Waals surface area contributed by atoms with Crippen LogP contribution < -0.4 is 10.1 Å². The number of likely N-dealkylation sites (tertiary alicyclic amines) is 1. The minimum absolute atomic E-state index is 0.0115. The SMILES string of the molecule is COc1ccc(C)cc1C(=O)NC1CC(=O)N(Cc2ccc(Cl)c(Cl)c2)C1. The van der Waals surface area contributed by atoms with Gasteiger partial charge < -0.3 is 15.0 Å². The fraction of sp³-hybridized carbons (Fsp3) is 0.300. The molecule has 1 aliphatic rings. The Morgan fingerprint density at radius 3 is 2.70 bits per heavy atom. The molecule has 0 radical (unpaired) electrons. The second-order valence-electron chi connectivity index (χ2n) is 6.60. The molecule has 7 heteroatoms. The Balaban J connectivity index is 1.66. The minimum Gasteiger partial charge on any atom is -0.496 e. The number of amides is 2. The van der Waals surface area contributed by atoms with Crippen molar-refractivity contribution in [1.29, 1.82) is 0 Å². The molecular weight excluding hydrogens is 387 g/mol. The van der Waals surface area contributed by atoms with Crippen LogP contribution in [0, 0.1) is 6.92 Å². The quantitative estimate of drug-likeness (QED) is 0.820. The second kappa shape index (κ2) is 8.19. The lowest BCUT2D eigenvalue weighted by molar-refractivity contribution is -0.128. The van der Waals surface area contributed by atoms with Crippen LogP contribution in [0.15, 0.2) is 36.4 Å². The fourth-order valence-electron chi connectivity index (χ4n) is 3.14. The standard InChI is InChI=1S/C20H20Cl2N2O3/c1-12-3-6-18(27-2)15(7-12)20(26)23-14-9-19(25)24(11-14)10-13-4-5-16(21)17(22)8-13/h3-8,14H,9-11H2,1-2H3,(H,23,26). The van der Waals surface area contributed by atoms with Crippen molar-refractivity contribution < 1.29 is 14.3 Å². The molecule has 0 aliphatic carbocycles. The van der Waals surface area contributed by atoms with Crippen molar-refractivity contribution in [3.8, 4) is 5.75 Å². The van der Waals surface area contributed by atoms with E-state index >= 15 is 0 Å². The molecule has 1 heterocycles. The minimum atomic E-state index is -0.252. The van der Waals surface area contributed by atoms with Crippen LogP contribution in [0.1, 0.15) is 27.9 Å². The normalized spacial score (nSPS) is 16.5. The van der Waals surface area contributed by atoms with E-state index in [2.05, 4.69) is 5.32 Å². The van der Waals surface area contributed by atoms with Gasteiger partial charge in [0.15, 0.2) is 0 Å². The number of nitrogens with one attached hydrogen (secondary N) is 1. The number of halogens is 2. The van der Waals surface area contributed by atoms with Crippen molar-refractivity contribution in [3.63, 3.8) is 0 Å². The van der Waals surface area contributed by atoms with E-state index in [4.69, 9.17) is 27.9 Å². The molecule has 3 rings (SSSR count). The molecule has 0 saturated carbocycles. The van der Waals surface area contributed by atoms with Crippen LogP contribution in [0.4, 0.5) is 0 Å². The van der Waals surface area contributed by atoms with Gasteiger partial charge in [0, 0.05) is 19.5 Å². The van der Waals surface area contributed by atoms with Crippen LogP contribution >= 0.6 is 23.2 Å². The van der Waals surface area contributed by atoms with Gasteiger partial charge in [0.1, 0.15) is 5.75 Å². The van der Waals surface area contributed by atoms with Crippen molar-refractivity contribution >= 4 is 35.0 Å². The maximum Gasteiger partial charge on any atom is 0.255 e. The van der Waals surface area contributed by atoms with E-state index in [9.17, 15) is 9.59 Å². The third-order valence-electron chi connectivity index (χ3n) is 4.51. The number of benzene rings is 2. The second-order valence-corrected chi connectivity index (χ2v) is 7.42. The highest BCUT2D eigenvalue weighted by Gasteiger charge is 2.31. The van der Waals surface area contributed by atoms with Crippen LogP contribution in [-0.2, 0) is 11.3 Å². The summed E-state index contributed by atoms with van der Waals surface area (Å²) in [4.78, 5) is 26.7. The Morgan fingerprint density at radius 1 is 1.22 bits per heavy atom. The van der Waals surface area contributed by atoms with Gasteiger partial charge in [-0.15, -0.1) is 0 Å². The highest BCUT2D eigenvalue weighted by atomic mass is 35.5. The largest absolute Gasteiger partial charge is 0.496 e. The van der Waals surface area contributed by atoms with E-state index in [0.29, 0.717) is 34.4 Å². The number of rotatable bonds is 5. The first-order valence-corrected chi connectivity index (χ1v) is 9.30. The molecule has 1 fully saturated rings. The Bertz CT molecular complexity index is 886. The molecule has 142 valence electrons. The Labute approximate surface area is 168 Å². The highest BCUT2D eigenvalue weighted by molar-refractivity contribution is 6.42. The zero-order valence-electron chi connectivity index (χ0n) is 15.1. The molecule has 1 aliphatic heterocycles. The van der Waals surface area contributed by atoms with E-state index in [1.165, 1.54) is 7.11 Å². The molecule has 2 amide bonds. The molecule has 27 heavy (non-hydrogen) atoms. The van der Waals surface area contributed by atoms with E-state index < -0.39 is 0 Å². The smallest absolute Gasteiger partial charge is 0.255 e. The lowest BCUT2D eigenvalue weighted by Gasteiger charge is -2.18. The highest BCUT2D eigenvalue weighted by Crippen LogP contribution is 2.25. The summed E-state index contributed by atoms with van der Waals surface area (Å²) in [6, 6.07) is 10.5. The Morgan fingerprint density at radius 2 is 2.00 bits per heavy atom. The van der Waals surface area contributed by atoms with Crippen molar-refractivity contribution in [2.75, 3.05) is 13.7 Å². The van der Waals surface area contributed by atoms with Crippen LogP contribution in [0.2, 0.25) is 10.0 Å². The molecule has 2 aromatic carbocycles. The molecule has 1 N–H and O–H groups in total. The van der Waals surface area contributed by atoms with Crippen LogP contribution in [0.5, 0.6) is 5.75 Å². The predicted octanol–water partition coefficient (Wildman–Crippen LogP) is 3.84. The van der Waals surface area contributed by atoms with Crippen LogP contribution in [0.25, 0.3) is 0 Å². The summed E-state index contributed by atoms with van der Waals surface area (Å²) in [5.41, 5.74) is 2.32. The monoisotopic (exact) mass is 406 g/mol. The van der Waals surface area contributed by atoms with Gasteiger partial charge in [-0.3, -0.25) is 9.59 Å². The summed E-state index contributed by atoms with van der Waals surface area (Å²) in [5, 5.41) is 3.87. The molecule has 0 aromatic heterocycles. The van der Waals surface area contributed by atoms with Crippen molar-refractivity contribution in [3.05, 3.63) is 63.1 Å². The van der Waals surface area contributed by atoms with Crippen molar-refractivity contribution in [1.82, 2.24) is 10.2 Å². The lowest BCUT2D eigenvalue weighted by atomic mass is 10.1. The summed E-state index contributed by atoms with van der Waals surface area (Å²) in [7, 11) is 1.53. The maximum absolute atomic E-state index is 12.6. The first-order valence-electron chi connectivity index (χ1n) is 8.54. The average molecular weight is 407 g/mol. The first-order chi connectivity index (χ1) is 12.9. The summed E-state index contributed by atoms with van der Waals surface area (Å²) in [6.45, 7) is 2.78. The molecule has 2 aromatic rings. The Hall–Kier alpha value is -2.24. The molecule has 1 atom stereocenters. The van der Waals surface area contributed by atoms with Crippen molar-refractivity contribution in [2.24, 2.45) is 0 Å². The Kier molecular flexibility index (Phi) is 5.92. The summed E-state index contributed by atoms with van der Waals surface area (Å²) in [5.74, 6) is 0.252. The molecule has 5 nitrogen and oxygen atoms in total. The third kappa shape index (κ3) is 4.54. The van der Waals surface area contributed by atoms with Gasteiger partial charge in [-0.1, -0.05) is 40.9 Å². The molecular formula is C20H20Cl2N2O3. The van der Waals surface area contributed by atoms with Gasteiger partial charge in [0.25, 0.3) is 5.91 Å². The first kappa shape index (κ1) is 19.5. The molecule has 1 unspecified atom stereocenters. The number of nitrogens with zero attached hydrogens (tertiary/aromatic N) is 1. The summed E-state index contributed by atoms with van der Waals surface area (Å²) < 4.78 is 5.27. The average Bonchev–Trinajstić information content (AvgIpc) is 2.97. The lowest BCUT2D eigenvalue weighted by Crippen LogP contribution is -2.37. The number of hydrogen-bond acceptors (Lipinski definition) is 3. The number of ether oxygens (including phenoxy) is 1. The summed E-state index contributed by atoms with van der Waals surface area (Å²) >= 11 is 12.0.